The number of ketones is 1. The highest BCUT2D eigenvalue weighted by molar-refractivity contribution is 6.31. The number of fused-ring (bicyclic) bond motifs is 1. The number of amides is 1. The first-order valence-corrected chi connectivity index (χ1v) is 13.1. The summed E-state index contributed by atoms with van der Waals surface area (Å²) in [5.41, 5.74) is 4.86. The van der Waals surface area contributed by atoms with E-state index in [0.29, 0.717) is 29.9 Å². The van der Waals surface area contributed by atoms with Gasteiger partial charge in [-0.3, -0.25) is 14.5 Å². The second-order valence-corrected chi connectivity index (χ2v) is 10.5. The van der Waals surface area contributed by atoms with Crippen molar-refractivity contribution in [3.8, 4) is 5.75 Å². The summed E-state index contributed by atoms with van der Waals surface area (Å²) < 4.78 is 5.32. The van der Waals surface area contributed by atoms with E-state index in [2.05, 4.69) is 5.32 Å². The van der Waals surface area contributed by atoms with E-state index in [9.17, 15) is 9.59 Å². The number of carbonyl (C=O) groups is 2. The number of carbonyl (C=O) groups excluding carboxylic acids is 2. The molecule has 0 saturated carbocycles. The van der Waals surface area contributed by atoms with Gasteiger partial charge >= 0.3 is 0 Å². The number of nitrogens with zero attached hydrogens (tertiary/aromatic N) is 1. The molecule has 1 aliphatic heterocycles. The number of benzene rings is 3. The van der Waals surface area contributed by atoms with Crippen molar-refractivity contribution in [1.82, 2.24) is 0 Å². The molecular weight excluding hydrogens is 484 g/mol. The van der Waals surface area contributed by atoms with Gasteiger partial charge in [0, 0.05) is 29.1 Å². The first kappa shape index (κ1) is 25.1. The molecule has 37 heavy (non-hydrogen) atoms. The number of halogens is 1. The van der Waals surface area contributed by atoms with Crippen LogP contribution in [0.2, 0.25) is 5.02 Å². The van der Waals surface area contributed by atoms with Gasteiger partial charge in [0.05, 0.1) is 24.5 Å². The van der Waals surface area contributed by atoms with E-state index >= 15 is 0 Å². The molecule has 2 atom stereocenters. The molecule has 190 valence electrons. The smallest absolute Gasteiger partial charge is 0.228 e. The van der Waals surface area contributed by atoms with Gasteiger partial charge in [0.2, 0.25) is 5.91 Å². The molecule has 0 bridgehead atoms. The SMILES string of the molecule is COc1ccc(C2CC(=O)C3=C(C2)Nc2ccccc2N(C(=O)CC(C)C)C3c2ccccc2Cl)cc1. The van der Waals surface area contributed by atoms with Gasteiger partial charge in [-0.2, -0.15) is 0 Å². The summed E-state index contributed by atoms with van der Waals surface area (Å²) in [7, 11) is 1.64. The standard InChI is InChI=1S/C31H31ClN2O3/c1-19(2)16-29(36)34-27-11-7-6-10-25(27)33-26-17-21(20-12-14-22(37-3)15-13-20)18-28(35)30(26)31(34)23-8-4-5-9-24(23)32/h4-15,19,21,31,33H,16-18H2,1-3H3. The largest absolute Gasteiger partial charge is 0.497 e. The van der Waals surface area contributed by atoms with Crippen LogP contribution < -0.4 is 15.0 Å². The fourth-order valence-corrected chi connectivity index (χ4v) is 5.65. The Hall–Kier alpha value is -3.57. The van der Waals surface area contributed by atoms with Crippen LogP contribution in [-0.2, 0) is 9.59 Å². The van der Waals surface area contributed by atoms with E-state index in [0.717, 1.165) is 33.9 Å². The minimum absolute atomic E-state index is 0.0154. The Kier molecular flexibility index (Phi) is 7.07. The van der Waals surface area contributed by atoms with E-state index in [1.807, 2.05) is 86.6 Å². The number of hydrogen-bond acceptors (Lipinski definition) is 4. The molecule has 0 fully saturated rings. The van der Waals surface area contributed by atoms with E-state index in [4.69, 9.17) is 16.3 Å². The van der Waals surface area contributed by atoms with Crippen molar-refractivity contribution in [2.45, 2.75) is 45.1 Å². The normalized spacial score (nSPS) is 19.2. The van der Waals surface area contributed by atoms with Gasteiger partial charge < -0.3 is 10.1 Å². The minimum Gasteiger partial charge on any atom is -0.497 e. The predicted octanol–water partition coefficient (Wildman–Crippen LogP) is 7.30. The second-order valence-electron chi connectivity index (χ2n) is 10.1. The van der Waals surface area contributed by atoms with Crippen LogP contribution >= 0.6 is 11.6 Å². The Morgan fingerprint density at radius 2 is 1.73 bits per heavy atom. The molecule has 0 aromatic heterocycles. The highest BCUT2D eigenvalue weighted by atomic mass is 35.5. The van der Waals surface area contributed by atoms with Gasteiger partial charge in [-0.25, -0.2) is 0 Å². The number of nitrogens with one attached hydrogen (secondary N) is 1. The van der Waals surface area contributed by atoms with Crippen molar-refractivity contribution in [3.05, 3.63) is 100 Å². The van der Waals surface area contributed by atoms with Crippen LogP contribution in [0.5, 0.6) is 5.75 Å². The summed E-state index contributed by atoms with van der Waals surface area (Å²) in [6, 6.07) is 22.6. The number of methoxy groups -OCH3 is 1. The van der Waals surface area contributed by atoms with Crippen molar-refractivity contribution >= 4 is 34.7 Å². The average Bonchev–Trinajstić information content (AvgIpc) is 3.03. The van der Waals surface area contributed by atoms with E-state index < -0.39 is 6.04 Å². The molecule has 1 heterocycles. The van der Waals surface area contributed by atoms with Gasteiger partial charge in [0.25, 0.3) is 0 Å². The van der Waals surface area contributed by atoms with Gasteiger partial charge in [0.1, 0.15) is 5.75 Å². The summed E-state index contributed by atoms with van der Waals surface area (Å²) in [6.07, 6.45) is 1.37. The zero-order valence-electron chi connectivity index (χ0n) is 21.3. The molecule has 3 aromatic carbocycles. The minimum atomic E-state index is -0.615. The molecule has 0 spiro atoms. The van der Waals surface area contributed by atoms with Crippen molar-refractivity contribution in [3.63, 3.8) is 0 Å². The van der Waals surface area contributed by atoms with Crippen LogP contribution in [0.4, 0.5) is 11.4 Å². The van der Waals surface area contributed by atoms with E-state index in [-0.39, 0.29) is 23.5 Å². The molecular formula is C31H31ClN2O3. The summed E-state index contributed by atoms with van der Waals surface area (Å²) in [5, 5.41) is 4.10. The molecule has 3 aromatic rings. The Morgan fingerprint density at radius 3 is 2.43 bits per heavy atom. The van der Waals surface area contributed by atoms with Gasteiger partial charge in [-0.1, -0.05) is 67.9 Å². The number of para-hydroxylation sites is 2. The first-order chi connectivity index (χ1) is 17.9. The third-order valence-corrected chi connectivity index (χ3v) is 7.47. The van der Waals surface area contributed by atoms with Crippen LogP contribution in [-0.4, -0.2) is 18.8 Å². The van der Waals surface area contributed by atoms with Crippen LogP contribution in [0.25, 0.3) is 0 Å². The maximum Gasteiger partial charge on any atom is 0.228 e. The molecule has 5 rings (SSSR count). The van der Waals surface area contributed by atoms with Crippen molar-refractivity contribution in [2.75, 3.05) is 17.3 Å². The molecule has 2 aliphatic rings. The van der Waals surface area contributed by atoms with E-state index in [1.54, 1.807) is 12.0 Å². The Morgan fingerprint density at radius 1 is 1.03 bits per heavy atom. The lowest BCUT2D eigenvalue weighted by atomic mass is 9.78. The number of ether oxygens (including phenoxy) is 1. The van der Waals surface area contributed by atoms with Crippen LogP contribution in [0, 0.1) is 5.92 Å². The Labute approximate surface area is 223 Å². The monoisotopic (exact) mass is 514 g/mol. The maximum absolute atomic E-state index is 14.0. The lowest BCUT2D eigenvalue weighted by molar-refractivity contribution is -0.119. The highest BCUT2D eigenvalue weighted by Gasteiger charge is 2.42. The fraction of sp³-hybridized carbons (Fsp3) is 0.290. The number of hydrogen-bond donors (Lipinski definition) is 1. The van der Waals surface area contributed by atoms with Crippen LogP contribution in [0.1, 0.15) is 56.2 Å². The molecule has 6 heteroatoms. The van der Waals surface area contributed by atoms with Crippen LogP contribution in [0.3, 0.4) is 0 Å². The maximum atomic E-state index is 14.0. The lowest BCUT2D eigenvalue weighted by Gasteiger charge is -2.36. The third-order valence-electron chi connectivity index (χ3n) is 7.13. The molecule has 1 aliphatic carbocycles. The summed E-state index contributed by atoms with van der Waals surface area (Å²) >= 11 is 6.74. The molecule has 0 radical (unpaired) electrons. The fourth-order valence-electron chi connectivity index (χ4n) is 5.42. The van der Waals surface area contributed by atoms with Crippen molar-refractivity contribution < 1.29 is 14.3 Å². The Bertz CT molecular complexity index is 1360. The van der Waals surface area contributed by atoms with Crippen LogP contribution in [0.15, 0.2) is 84.1 Å². The quantitative estimate of drug-likeness (QED) is 0.388. The first-order valence-electron chi connectivity index (χ1n) is 12.7. The second kappa shape index (κ2) is 10.4. The molecule has 2 unspecified atom stereocenters. The summed E-state index contributed by atoms with van der Waals surface area (Å²) in [6.45, 7) is 4.06. The molecule has 0 saturated heterocycles. The molecule has 5 nitrogen and oxygen atoms in total. The topological polar surface area (TPSA) is 58.6 Å². The van der Waals surface area contributed by atoms with Crippen molar-refractivity contribution in [2.24, 2.45) is 5.92 Å². The van der Waals surface area contributed by atoms with Gasteiger partial charge in [-0.05, 0) is 59.7 Å². The van der Waals surface area contributed by atoms with Gasteiger partial charge in [-0.15, -0.1) is 0 Å². The molecule has 1 N–H and O–H groups in total. The van der Waals surface area contributed by atoms with E-state index in [1.165, 1.54) is 0 Å². The number of anilines is 2. The lowest BCUT2D eigenvalue weighted by Crippen LogP contribution is -2.39. The molecule has 1 amide bonds. The number of Topliss-reactive ketones (excluding diaryl/α,β-unsaturated/α-hetero) is 1. The Balaban J connectivity index is 1.68. The average molecular weight is 515 g/mol. The third kappa shape index (κ3) is 4.88. The highest BCUT2D eigenvalue weighted by Crippen LogP contribution is 2.48. The summed E-state index contributed by atoms with van der Waals surface area (Å²) in [5.74, 6) is 0.951. The number of rotatable bonds is 5. The zero-order chi connectivity index (χ0) is 26.1. The summed E-state index contributed by atoms with van der Waals surface area (Å²) in [4.78, 5) is 29.7. The number of allylic oxidation sites excluding steroid dienone is 1. The zero-order valence-corrected chi connectivity index (χ0v) is 22.1. The van der Waals surface area contributed by atoms with Gasteiger partial charge in [0.15, 0.2) is 5.78 Å². The van der Waals surface area contributed by atoms with Crippen molar-refractivity contribution in [1.29, 1.82) is 0 Å². The predicted molar refractivity (Wildman–Crippen MR) is 148 cm³/mol.